The maximum atomic E-state index is 13.5. The molecule has 11 heteroatoms. The van der Waals surface area contributed by atoms with Crippen molar-refractivity contribution in [1.29, 1.82) is 0 Å². The zero-order valence-corrected chi connectivity index (χ0v) is 22.1. The molecule has 40 heavy (non-hydrogen) atoms. The van der Waals surface area contributed by atoms with Crippen LogP contribution < -0.4 is 16.6 Å². The number of hydrogen-bond acceptors (Lipinski definition) is 8. The van der Waals surface area contributed by atoms with Crippen LogP contribution in [0.1, 0.15) is 37.4 Å². The lowest BCUT2D eigenvalue weighted by Crippen LogP contribution is -2.50. The first-order chi connectivity index (χ1) is 19.2. The lowest BCUT2D eigenvalue weighted by Gasteiger charge is -2.28. The topological polar surface area (TPSA) is 138 Å². The Kier molecular flexibility index (Phi) is 7.85. The first-order valence-electron chi connectivity index (χ1n) is 13.0. The van der Waals surface area contributed by atoms with Crippen LogP contribution >= 0.6 is 0 Å². The number of H-pyrrole nitrogens is 1. The second-order valence-electron chi connectivity index (χ2n) is 10.3. The van der Waals surface area contributed by atoms with Crippen LogP contribution in [-0.2, 0) is 37.0 Å². The van der Waals surface area contributed by atoms with E-state index in [1.165, 1.54) is 16.8 Å². The van der Waals surface area contributed by atoms with E-state index in [-0.39, 0.29) is 19.6 Å². The number of alkyl carbamates (subject to hydrolysis) is 1. The Balaban J connectivity index is 1.40. The van der Waals surface area contributed by atoms with Crippen molar-refractivity contribution in [2.45, 2.75) is 63.6 Å². The van der Waals surface area contributed by atoms with Gasteiger partial charge in [-0.25, -0.2) is 14.4 Å². The van der Waals surface area contributed by atoms with Gasteiger partial charge < -0.3 is 24.3 Å². The summed E-state index contributed by atoms with van der Waals surface area (Å²) in [5, 5.41) is 2.68. The van der Waals surface area contributed by atoms with Crippen LogP contribution in [0.15, 0.2) is 82.5 Å². The van der Waals surface area contributed by atoms with Gasteiger partial charge in [0.05, 0.1) is 12.1 Å². The Bertz CT molecular complexity index is 1450. The molecule has 5 rings (SSSR count). The quantitative estimate of drug-likeness (QED) is 0.409. The molecule has 210 valence electrons. The fourth-order valence-corrected chi connectivity index (χ4v) is 5.33. The van der Waals surface area contributed by atoms with Crippen molar-refractivity contribution in [3.05, 3.63) is 105 Å². The third kappa shape index (κ3) is 6.16. The highest BCUT2D eigenvalue weighted by Gasteiger charge is 2.58. The molecule has 11 nitrogen and oxygen atoms in total. The average molecular weight is 550 g/mol. The Morgan fingerprint density at radius 1 is 0.950 bits per heavy atom. The van der Waals surface area contributed by atoms with E-state index in [0.29, 0.717) is 0 Å². The molecule has 2 aliphatic rings. The highest BCUT2D eigenvalue weighted by atomic mass is 16.8. The number of aromatic nitrogens is 2. The number of benzene rings is 2. The van der Waals surface area contributed by atoms with Gasteiger partial charge in [-0.2, -0.15) is 0 Å². The van der Waals surface area contributed by atoms with Gasteiger partial charge in [0.2, 0.25) is 0 Å². The highest BCUT2D eigenvalue weighted by Crippen LogP contribution is 2.47. The first-order valence-corrected chi connectivity index (χ1v) is 13.0. The largest absolute Gasteiger partial charge is 0.459 e. The molecule has 0 spiro atoms. The normalized spacial score (nSPS) is 23.6. The van der Waals surface area contributed by atoms with Gasteiger partial charge in [0.15, 0.2) is 5.79 Å². The van der Waals surface area contributed by atoms with E-state index in [1.54, 1.807) is 13.8 Å². The van der Waals surface area contributed by atoms with Gasteiger partial charge >= 0.3 is 17.8 Å². The Hall–Kier alpha value is -4.22. The molecule has 3 aromatic rings. The van der Waals surface area contributed by atoms with Crippen molar-refractivity contribution in [3.63, 3.8) is 0 Å². The summed E-state index contributed by atoms with van der Waals surface area (Å²) in [7, 11) is 0. The summed E-state index contributed by atoms with van der Waals surface area (Å²) >= 11 is 0. The summed E-state index contributed by atoms with van der Waals surface area (Å²) < 4.78 is 24.7. The fourth-order valence-electron chi connectivity index (χ4n) is 5.33. The summed E-state index contributed by atoms with van der Waals surface area (Å²) in [5.41, 5.74) is 0.434. The molecule has 1 saturated heterocycles. The minimum Gasteiger partial charge on any atom is -0.459 e. The van der Waals surface area contributed by atoms with Crippen LogP contribution in [0.4, 0.5) is 4.79 Å². The smallest absolute Gasteiger partial charge is 0.408 e. The van der Waals surface area contributed by atoms with Crippen LogP contribution in [0.5, 0.6) is 0 Å². The van der Waals surface area contributed by atoms with E-state index in [1.807, 2.05) is 60.7 Å². The van der Waals surface area contributed by atoms with Crippen LogP contribution in [0.2, 0.25) is 0 Å². The van der Waals surface area contributed by atoms with E-state index in [4.69, 9.17) is 18.9 Å². The molecule has 2 fully saturated rings. The number of carbonyl (C=O) groups excluding carboxylic acids is 2. The fraction of sp³-hybridized carbons (Fsp3) is 0.379. The lowest BCUT2D eigenvalue weighted by atomic mass is 9.95. The number of nitrogens with one attached hydrogen (secondary N) is 2. The van der Waals surface area contributed by atoms with Gasteiger partial charge in [0.25, 0.3) is 5.56 Å². The van der Waals surface area contributed by atoms with Crippen molar-refractivity contribution in [1.82, 2.24) is 14.9 Å². The van der Waals surface area contributed by atoms with Crippen LogP contribution in [-0.4, -0.2) is 45.7 Å². The number of esters is 1. The molecule has 1 saturated carbocycles. The van der Waals surface area contributed by atoms with E-state index in [0.717, 1.165) is 11.1 Å². The summed E-state index contributed by atoms with van der Waals surface area (Å²) in [6.07, 6.45) is -0.478. The van der Waals surface area contributed by atoms with Crippen LogP contribution in [0.3, 0.4) is 0 Å². The molecule has 0 bridgehead atoms. The van der Waals surface area contributed by atoms with Gasteiger partial charge in [-0.1, -0.05) is 60.7 Å². The predicted octanol–water partition coefficient (Wildman–Crippen LogP) is 2.66. The molecule has 1 aliphatic heterocycles. The zero-order chi connectivity index (χ0) is 28.3. The molecule has 0 unspecified atom stereocenters. The number of carbonyl (C=O) groups is 2. The Morgan fingerprint density at radius 2 is 1.55 bits per heavy atom. The van der Waals surface area contributed by atoms with Crippen molar-refractivity contribution in [3.8, 4) is 0 Å². The summed E-state index contributed by atoms with van der Waals surface area (Å²) in [6, 6.07) is 17.8. The van der Waals surface area contributed by atoms with Gasteiger partial charge in [0, 0.05) is 18.2 Å². The molecule has 2 heterocycles. The van der Waals surface area contributed by atoms with E-state index < -0.39 is 59.3 Å². The summed E-state index contributed by atoms with van der Waals surface area (Å²) in [6.45, 7) is 3.49. The molecule has 1 amide bonds. The Labute approximate surface area is 230 Å². The standard InChI is InChI=1S/C29H31N3O8/c1-29(2)39-24-20(15-21(25(24)40-29)32-14-13-22(33)30-27(32)35)23(26(34)37-16-18-9-5-3-6-10-18)31-28(36)38-17-19-11-7-4-8-12-19/h3-14,20-21,23-25H,15-17H2,1-2H3,(H,31,36)(H,30,33,35)/t20-,21-,23-,24-,25+/m1/s1. The molecule has 2 aromatic carbocycles. The van der Waals surface area contributed by atoms with Crippen LogP contribution in [0.25, 0.3) is 0 Å². The number of ether oxygens (including phenoxy) is 4. The SMILES string of the molecule is CC1(C)O[C@@H]2[C@@H]([C@@H](NC(=O)OCc3ccccc3)C(=O)OCc3ccccc3)C[C@@H](n3ccc(=O)[nH]c3=O)[C@@H]2O1. The van der Waals surface area contributed by atoms with E-state index in [9.17, 15) is 19.2 Å². The number of aromatic amines is 1. The second kappa shape index (κ2) is 11.5. The lowest BCUT2D eigenvalue weighted by molar-refractivity contribution is -0.166. The monoisotopic (exact) mass is 549 g/mol. The Morgan fingerprint density at radius 3 is 2.17 bits per heavy atom. The molecule has 1 aliphatic carbocycles. The molecular formula is C29H31N3O8. The minimum atomic E-state index is -1.17. The number of rotatable bonds is 8. The molecular weight excluding hydrogens is 518 g/mol. The molecule has 0 radical (unpaired) electrons. The molecule has 2 N–H and O–H groups in total. The van der Waals surface area contributed by atoms with Gasteiger partial charge in [-0.3, -0.25) is 14.3 Å². The van der Waals surface area contributed by atoms with Crippen molar-refractivity contribution in [2.24, 2.45) is 5.92 Å². The maximum Gasteiger partial charge on any atom is 0.408 e. The predicted molar refractivity (Wildman–Crippen MR) is 142 cm³/mol. The van der Waals surface area contributed by atoms with E-state index in [2.05, 4.69) is 10.3 Å². The van der Waals surface area contributed by atoms with Crippen molar-refractivity contribution in [2.75, 3.05) is 0 Å². The van der Waals surface area contributed by atoms with Crippen LogP contribution in [0, 0.1) is 5.92 Å². The maximum absolute atomic E-state index is 13.5. The third-order valence-electron chi connectivity index (χ3n) is 7.08. The number of nitrogens with zero attached hydrogens (tertiary/aromatic N) is 1. The summed E-state index contributed by atoms with van der Waals surface area (Å²) in [5.74, 6) is -2.32. The minimum absolute atomic E-state index is 0.00336. The highest BCUT2D eigenvalue weighted by molar-refractivity contribution is 5.82. The molecule has 5 atom stereocenters. The van der Waals surface area contributed by atoms with Gasteiger partial charge in [0.1, 0.15) is 25.4 Å². The number of fused-ring (bicyclic) bond motifs is 1. The van der Waals surface area contributed by atoms with Crippen molar-refractivity contribution < 1.29 is 28.5 Å². The average Bonchev–Trinajstić information content (AvgIpc) is 3.43. The number of hydrogen-bond donors (Lipinski definition) is 2. The zero-order valence-electron chi connectivity index (χ0n) is 22.1. The van der Waals surface area contributed by atoms with Gasteiger partial charge in [-0.15, -0.1) is 0 Å². The van der Waals surface area contributed by atoms with Crippen molar-refractivity contribution >= 4 is 12.1 Å². The first kappa shape index (κ1) is 27.4. The third-order valence-corrected chi connectivity index (χ3v) is 7.08. The van der Waals surface area contributed by atoms with E-state index >= 15 is 0 Å². The number of amides is 1. The molecule has 1 aromatic heterocycles. The second-order valence-corrected chi connectivity index (χ2v) is 10.3. The van der Waals surface area contributed by atoms with Gasteiger partial charge in [-0.05, 0) is 31.4 Å². The summed E-state index contributed by atoms with van der Waals surface area (Å²) in [4.78, 5) is 53.0.